The third-order valence-electron chi connectivity index (χ3n) is 2.79. The van der Waals surface area contributed by atoms with E-state index in [1.54, 1.807) is 10.4 Å². The highest BCUT2D eigenvalue weighted by molar-refractivity contribution is 9.11. The fourth-order valence-electron chi connectivity index (χ4n) is 1.94. The molecule has 1 aromatic heterocycles. The smallest absolute Gasteiger partial charge is 0.244 e. The molecule has 0 aromatic carbocycles. The van der Waals surface area contributed by atoms with Crippen molar-refractivity contribution in [2.45, 2.75) is 24.8 Å². The lowest BCUT2D eigenvalue weighted by Crippen LogP contribution is -2.51. The molecule has 0 aliphatic carbocycles. The Bertz CT molecular complexity index is 512. The number of piperazine rings is 1. The third-order valence-corrected chi connectivity index (χ3v) is 6.47. The van der Waals surface area contributed by atoms with Gasteiger partial charge in [-0.15, -0.1) is 11.3 Å². The van der Waals surface area contributed by atoms with Crippen LogP contribution in [0.5, 0.6) is 0 Å². The van der Waals surface area contributed by atoms with E-state index in [0.717, 1.165) is 8.66 Å². The molecule has 1 N–H and O–H groups in total. The fourth-order valence-corrected chi connectivity index (χ4v) is 5.85. The van der Waals surface area contributed by atoms with Gasteiger partial charge in [-0.25, -0.2) is 8.42 Å². The first-order chi connectivity index (χ1) is 7.91. The topological polar surface area (TPSA) is 49.4 Å². The number of hydrogen-bond donors (Lipinski definition) is 1. The van der Waals surface area contributed by atoms with Gasteiger partial charge in [-0.05, 0) is 35.8 Å². The number of hydrogen-bond acceptors (Lipinski definition) is 4. The van der Waals surface area contributed by atoms with Gasteiger partial charge in [0.05, 0.1) is 8.68 Å². The molecular weight excluding hydrogens is 324 g/mol. The van der Waals surface area contributed by atoms with Gasteiger partial charge in [0.2, 0.25) is 10.0 Å². The van der Waals surface area contributed by atoms with E-state index >= 15 is 0 Å². The Kier molecular flexibility index (Phi) is 3.94. The summed E-state index contributed by atoms with van der Waals surface area (Å²) < 4.78 is 27.3. The molecule has 0 bridgehead atoms. The SMILES string of the molecule is Cc1sc(Br)cc1S(=O)(=O)N1CCNC(C)C1. The Hall–Kier alpha value is 0.0500. The average molecular weight is 339 g/mol. The fraction of sp³-hybridized carbons (Fsp3) is 0.600. The highest BCUT2D eigenvalue weighted by Gasteiger charge is 2.30. The lowest BCUT2D eigenvalue weighted by atomic mass is 10.3. The molecule has 1 aliphatic heterocycles. The first-order valence-electron chi connectivity index (χ1n) is 5.40. The lowest BCUT2D eigenvalue weighted by molar-refractivity contribution is 0.310. The molecule has 0 spiro atoms. The number of nitrogens with zero attached hydrogens (tertiary/aromatic N) is 1. The van der Waals surface area contributed by atoms with E-state index in [9.17, 15) is 8.42 Å². The van der Waals surface area contributed by atoms with E-state index < -0.39 is 10.0 Å². The van der Waals surface area contributed by atoms with Crippen LogP contribution in [-0.2, 0) is 10.0 Å². The quantitative estimate of drug-likeness (QED) is 0.894. The van der Waals surface area contributed by atoms with E-state index in [1.165, 1.54) is 11.3 Å². The van der Waals surface area contributed by atoms with Crippen LogP contribution >= 0.6 is 27.3 Å². The summed E-state index contributed by atoms with van der Waals surface area (Å²) in [5.74, 6) is 0. The van der Waals surface area contributed by atoms with E-state index in [1.807, 2.05) is 13.8 Å². The number of halogens is 1. The second-order valence-electron chi connectivity index (χ2n) is 4.19. The summed E-state index contributed by atoms with van der Waals surface area (Å²) in [6.45, 7) is 5.63. The first-order valence-corrected chi connectivity index (χ1v) is 8.45. The van der Waals surface area contributed by atoms with E-state index in [0.29, 0.717) is 24.5 Å². The Labute approximate surface area is 114 Å². The highest BCUT2D eigenvalue weighted by atomic mass is 79.9. The van der Waals surface area contributed by atoms with Crippen LogP contribution in [0.25, 0.3) is 0 Å². The van der Waals surface area contributed by atoms with Crippen molar-refractivity contribution in [2.24, 2.45) is 0 Å². The normalized spacial score (nSPS) is 22.9. The molecule has 96 valence electrons. The molecule has 1 aromatic rings. The van der Waals surface area contributed by atoms with Crippen molar-refractivity contribution < 1.29 is 8.42 Å². The van der Waals surface area contributed by atoms with Crippen molar-refractivity contribution >= 4 is 37.3 Å². The lowest BCUT2D eigenvalue weighted by Gasteiger charge is -2.30. The summed E-state index contributed by atoms with van der Waals surface area (Å²) >= 11 is 4.79. The predicted octanol–water partition coefficient (Wildman–Crippen LogP) is 1.80. The van der Waals surface area contributed by atoms with E-state index in [2.05, 4.69) is 21.2 Å². The first kappa shape index (κ1) is 13.5. The van der Waals surface area contributed by atoms with Crippen LogP contribution in [0, 0.1) is 6.92 Å². The van der Waals surface area contributed by atoms with Crippen molar-refractivity contribution in [1.82, 2.24) is 9.62 Å². The van der Waals surface area contributed by atoms with Crippen molar-refractivity contribution in [3.63, 3.8) is 0 Å². The van der Waals surface area contributed by atoms with Crippen LogP contribution < -0.4 is 5.32 Å². The average Bonchev–Trinajstić information content (AvgIpc) is 2.58. The molecule has 1 unspecified atom stereocenters. The molecule has 2 heterocycles. The monoisotopic (exact) mass is 338 g/mol. The number of thiophene rings is 1. The Morgan fingerprint density at radius 2 is 2.29 bits per heavy atom. The minimum Gasteiger partial charge on any atom is -0.312 e. The predicted molar refractivity (Wildman–Crippen MR) is 73.0 cm³/mol. The minimum absolute atomic E-state index is 0.209. The van der Waals surface area contributed by atoms with Crippen molar-refractivity contribution in [2.75, 3.05) is 19.6 Å². The summed E-state index contributed by atoms with van der Waals surface area (Å²) in [5.41, 5.74) is 0. The third kappa shape index (κ3) is 2.73. The Morgan fingerprint density at radius 3 is 2.82 bits per heavy atom. The zero-order valence-electron chi connectivity index (χ0n) is 9.73. The molecular formula is C10H15BrN2O2S2. The Morgan fingerprint density at radius 1 is 1.59 bits per heavy atom. The van der Waals surface area contributed by atoms with Gasteiger partial charge >= 0.3 is 0 Å². The maximum Gasteiger partial charge on any atom is 0.244 e. The molecule has 1 atom stereocenters. The van der Waals surface area contributed by atoms with Gasteiger partial charge in [0.15, 0.2) is 0 Å². The summed E-state index contributed by atoms with van der Waals surface area (Å²) in [6, 6.07) is 1.91. The van der Waals surface area contributed by atoms with Crippen LogP contribution in [0.4, 0.5) is 0 Å². The minimum atomic E-state index is -3.33. The Balaban J connectivity index is 2.33. The van der Waals surface area contributed by atoms with Gasteiger partial charge in [-0.3, -0.25) is 0 Å². The standard InChI is InChI=1S/C10H15BrN2O2S2/c1-7-6-13(4-3-12-7)17(14,15)9-5-10(11)16-8(9)2/h5,7,12H,3-4,6H2,1-2H3. The van der Waals surface area contributed by atoms with Crippen LogP contribution in [0.1, 0.15) is 11.8 Å². The van der Waals surface area contributed by atoms with Gasteiger partial charge in [-0.1, -0.05) is 0 Å². The van der Waals surface area contributed by atoms with Crippen LogP contribution in [-0.4, -0.2) is 38.4 Å². The number of aryl methyl sites for hydroxylation is 1. The summed E-state index contributed by atoms with van der Waals surface area (Å²) in [6.07, 6.45) is 0. The highest BCUT2D eigenvalue weighted by Crippen LogP contribution is 2.31. The summed E-state index contributed by atoms with van der Waals surface area (Å²) in [4.78, 5) is 1.27. The van der Waals surface area contributed by atoms with Crippen LogP contribution in [0.3, 0.4) is 0 Å². The summed E-state index contributed by atoms with van der Waals surface area (Å²) in [7, 11) is -3.33. The van der Waals surface area contributed by atoms with Gasteiger partial charge in [0.1, 0.15) is 0 Å². The zero-order chi connectivity index (χ0) is 12.6. The largest absolute Gasteiger partial charge is 0.312 e. The molecule has 2 rings (SSSR count). The van der Waals surface area contributed by atoms with Crippen molar-refractivity contribution in [1.29, 1.82) is 0 Å². The molecule has 17 heavy (non-hydrogen) atoms. The van der Waals surface area contributed by atoms with E-state index in [4.69, 9.17) is 0 Å². The van der Waals surface area contributed by atoms with Crippen molar-refractivity contribution in [3.8, 4) is 0 Å². The second kappa shape index (κ2) is 4.97. The molecule has 0 amide bonds. The van der Waals surface area contributed by atoms with Crippen LogP contribution in [0.15, 0.2) is 14.7 Å². The van der Waals surface area contributed by atoms with Gasteiger partial charge in [0.25, 0.3) is 0 Å². The molecule has 4 nitrogen and oxygen atoms in total. The van der Waals surface area contributed by atoms with Crippen LogP contribution in [0.2, 0.25) is 0 Å². The molecule has 0 radical (unpaired) electrons. The molecule has 7 heteroatoms. The molecule has 1 aliphatic rings. The maximum absolute atomic E-state index is 12.5. The maximum atomic E-state index is 12.5. The van der Waals surface area contributed by atoms with Gasteiger partial charge < -0.3 is 5.32 Å². The zero-order valence-corrected chi connectivity index (χ0v) is 13.0. The van der Waals surface area contributed by atoms with Gasteiger partial charge in [0, 0.05) is 30.6 Å². The van der Waals surface area contributed by atoms with Crippen molar-refractivity contribution in [3.05, 3.63) is 14.7 Å². The number of nitrogens with one attached hydrogen (secondary N) is 1. The summed E-state index contributed by atoms with van der Waals surface area (Å²) in [5, 5.41) is 3.24. The number of rotatable bonds is 2. The molecule has 1 saturated heterocycles. The second-order valence-corrected chi connectivity index (χ2v) is 8.73. The molecule has 1 fully saturated rings. The number of sulfonamides is 1. The van der Waals surface area contributed by atoms with E-state index in [-0.39, 0.29) is 6.04 Å². The van der Waals surface area contributed by atoms with Gasteiger partial charge in [-0.2, -0.15) is 4.31 Å². The molecule has 0 saturated carbocycles.